The van der Waals surface area contributed by atoms with Gasteiger partial charge in [0.2, 0.25) is 15.9 Å². The predicted octanol–water partition coefficient (Wildman–Crippen LogP) is 5.91. The van der Waals surface area contributed by atoms with Gasteiger partial charge in [0.15, 0.2) is 0 Å². The van der Waals surface area contributed by atoms with Gasteiger partial charge in [-0.15, -0.1) is 13.2 Å². The normalized spacial score (nSPS) is 18.4. The lowest BCUT2D eigenvalue weighted by Gasteiger charge is -2.34. The van der Waals surface area contributed by atoms with Crippen LogP contribution in [-0.4, -0.2) is 54.2 Å². The van der Waals surface area contributed by atoms with Gasteiger partial charge < -0.3 is 15.2 Å². The van der Waals surface area contributed by atoms with Gasteiger partial charge in [0.1, 0.15) is 17.3 Å². The van der Waals surface area contributed by atoms with Gasteiger partial charge in [0, 0.05) is 28.6 Å². The van der Waals surface area contributed by atoms with Gasteiger partial charge in [-0.1, -0.05) is 65.7 Å². The Hall–Kier alpha value is -3.32. The fourth-order valence-electron chi connectivity index (χ4n) is 4.84. The number of hydrogen-bond acceptors (Lipinski definition) is 5. The maximum atomic E-state index is 13.5. The fourth-order valence-corrected chi connectivity index (χ4v) is 7.38. The number of carbonyl (C=O) groups is 2. The van der Waals surface area contributed by atoms with Crippen LogP contribution in [-0.2, 0) is 26.0 Å². The number of carbonyl (C=O) groups excluding carboxylic acids is 1. The number of halogens is 5. The summed E-state index contributed by atoms with van der Waals surface area (Å²) in [6.45, 7) is 1.45. The molecule has 1 amide bonds. The summed E-state index contributed by atoms with van der Waals surface area (Å²) < 4.78 is 70.5. The van der Waals surface area contributed by atoms with Crippen molar-refractivity contribution in [3.8, 4) is 16.9 Å². The van der Waals surface area contributed by atoms with Crippen molar-refractivity contribution in [1.82, 2.24) is 9.62 Å². The molecule has 42 heavy (non-hydrogen) atoms. The minimum Gasteiger partial charge on any atom is -0.480 e. The first-order valence-corrected chi connectivity index (χ1v) is 14.8. The van der Waals surface area contributed by atoms with E-state index in [0.29, 0.717) is 17.5 Å². The van der Waals surface area contributed by atoms with Crippen molar-refractivity contribution in [2.45, 2.75) is 49.0 Å². The highest BCUT2D eigenvalue weighted by atomic mass is 35.5. The Morgan fingerprint density at radius 1 is 1.07 bits per heavy atom. The second-order valence-electron chi connectivity index (χ2n) is 9.87. The van der Waals surface area contributed by atoms with Gasteiger partial charge >= 0.3 is 12.3 Å². The average molecular weight is 645 g/mol. The summed E-state index contributed by atoms with van der Waals surface area (Å²) in [6.07, 6.45) is -4.55. The summed E-state index contributed by atoms with van der Waals surface area (Å²) in [7, 11) is -4.22. The lowest BCUT2D eigenvalue weighted by atomic mass is 9.97. The van der Waals surface area contributed by atoms with Gasteiger partial charge in [0.05, 0.1) is 4.90 Å². The number of amides is 1. The van der Waals surface area contributed by atoms with E-state index in [4.69, 9.17) is 23.2 Å². The lowest BCUT2D eigenvalue weighted by molar-refractivity contribution is -0.274. The van der Waals surface area contributed by atoms with Gasteiger partial charge in [-0.3, -0.25) is 4.79 Å². The van der Waals surface area contributed by atoms with Crippen LogP contribution < -0.4 is 10.1 Å². The van der Waals surface area contributed by atoms with Gasteiger partial charge in [-0.2, -0.15) is 4.31 Å². The molecule has 1 fully saturated rings. The van der Waals surface area contributed by atoms with Crippen LogP contribution in [0.1, 0.15) is 25.3 Å². The molecule has 0 aliphatic carbocycles. The maximum Gasteiger partial charge on any atom is 0.573 e. The Labute approximate surface area is 250 Å². The van der Waals surface area contributed by atoms with E-state index in [0.717, 1.165) is 4.31 Å². The van der Waals surface area contributed by atoms with E-state index >= 15 is 0 Å². The second-order valence-corrected chi connectivity index (χ2v) is 12.6. The van der Waals surface area contributed by atoms with E-state index in [1.807, 2.05) is 0 Å². The molecule has 2 N–H and O–H groups in total. The SMILES string of the molecule is C[C@@]1(C(=O)NC(Cc2ccc(-c3ccccc3OC(F)(F)F)cc2)C(=O)O)CCCN1S(=O)(=O)c1cc(Cl)cc(Cl)c1. The Balaban J connectivity index is 1.53. The number of benzene rings is 3. The van der Waals surface area contributed by atoms with Gasteiger partial charge in [0.25, 0.3) is 0 Å². The molecule has 14 heteroatoms. The maximum absolute atomic E-state index is 13.5. The smallest absolute Gasteiger partial charge is 0.480 e. The Morgan fingerprint density at radius 3 is 2.29 bits per heavy atom. The quantitative estimate of drug-likeness (QED) is 0.299. The zero-order valence-electron chi connectivity index (χ0n) is 22.0. The zero-order valence-corrected chi connectivity index (χ0v) is 24.3. The van der Waals surface area contributed by atoms with Gasteiger partial charge in [-0.25, -0.2) is 13.2 Å². The van der Waals surface area contributed by atoms with Gasteiger partial charge in [-0.05, 0) is 55.2 Å². The Kier molecular flexibility index (Phi) is 9.12. The molecule has 3 aromatic rings. The summed E-state index contributed by atoms with van der Waals surface area (Å²) in [5, 5.41) is 12.5. The molecular weight excluding hydrogens is 620 g/mol. The van der Waals surface area contributed by atoms with Crippen molar-refractivity contribution in [3.05, 3.63) is 82.3 Å². The topological polar surface area (TPSA) is 113 Å². The van der Waals surface area contributed by atoms with Crippen LogP contribution in [0.5, 0.6) is 5.75 Å². The van der Waals surface area contributed by atoms with Crippen molar-refractivity contribution in [2.24, 2.45) is 0 Å². The number of aliphatic carboxylic acids is 1. The molecule has 0 bridgehead atoms. The summed E-state index contributed by atoms with van der Waals surface area (Å²) in [5.74, 6) is -2.54. The predicted molar refractivity (Wildman–Crippen MR) is 150 cm³/mol. The van der Waals surface area contributed by atoms with Crippen LogP contribution in [0.4, 0.5) is 13.2 Å². The molecule has 0 saturated carbocycles. The third-order valence-electron chi connectivity index (χ3n) is 6.91. The number of alkyl halides is 3. The van der Waals surface area contributed by atoms with Crippen LogP contribution >= 0.6 is 23.2 Å². The Bertz CT molecular complexity index is 1580. The minimum atomic E-state index is -4.88. The lowest BCUT2D eigenvalue weighted by Crippen LogP contribution is -2.58. The molecule has 0 aromatic heterocycles. The third kappa shape index (κ3) is 7.00. The number of carboxylic acid groups (broad SMARTS) is 1. The minimum absolute atomic E-state index is 0.0229. The molecule has 0 spiro atoms. The van der Waals surface area contributed by atoms with E-state index in [9.17, 15) is 36.3 Å². The first-order valence-electron chi connectivity index (χ1n) is 12.6. The number of nitrogens with zero attached hydrogens (tertiary/aromatic N) is 1. The van der Waals surface area contributed by atoms with E-state index < -0.39 is 45.6 Å². The molecule has 8 nitrogen and oxygen atoms in total. The molecule has 1 aliphatic heterocycles. The molecule has 1 saturated heterocycles. The number of ether oxygens (including phenoxy) is 1. The van der Waals surface area contributed by atoms with Crippen molar-refractivity contribution in [2.75, 3.05) is 6.54 Å². The van der Waals surface area contributed by atoms with Crippen molar-refractivity contribution >= 4 is 45.1 Å². The van der Waals surface area contributed by atoms with E-state index in [-0.39, 0.29) is 39.9 Å². The summed E-state index contributed by atoms with van der Waals surface area (Å²) in [6, 6.07) is 14.1. The van der Waals surface area contributed by atoms with Crippen LogP contribution in [0.2, 0.25) is 10.0 Å². The molecule has 224 valence electrons. The van der Waals surface area contributed by atoms with E-state index in [1.165, 1.54) is 67.6 Å². The summed E-state index contributed by atoms with van der Waals surface area (Å²) >= 11 is 12.0. The van der Waals surface area contributed by atoms with Crippen molar-refractivity contribution in [3.63, 3.8) is 0 Å². The average Bonchev–Trinajstić information content (AvgIpc) is 3.31. The molecule has 1 heterocycles. The first-order chi connectivity index (χ1) is 19.6. The molecule has 2 atom stereocenters. The zero-order chi connectivity index (χ0) is 30.9. The fraction of sp³-hybridized carbons (Fsp3) is 0.286. The molecular formula is C28H25Cl2F3N2O6S. The van der Waals surface area contributed by atoms with E-state index in [2.05, 4.69) is 10.1 Å². The highest BCUT2D eigenvalue weighted by Crippen LogP contribution is 2.37. The third-order valence-corrected chi connectivity index (χ3v) is 9.34. The Morgan fingerprint density at radius 2 is 1.69 bits per heavy atom. The number of nitrogens with one attached hydrogen (secondary N) is 1. The summed E-state index contributed by atoms with van der Waals surface area (Å²) in [5.41, 5.74) is -0.543. The first kappa shape index (κ1) is 31.6. The summed E-state index contributed by atoms with van der Waals surface area (Å²) in [4.78, 5) is 25.4. The molecule has 1 aliphatic rings. The highest BCUT2D eigenvalue weighted by molar-refractivity contribution is 7.89. The molecule has 1 unspecified atom stereocenters. The van der Waals surface area contributed by atoms with Crippen LogP contribution in [0, 0.1) is 0 Å². The largest absolute Gasteiger partial charge is 0.573 e. The number of hydrogen-bond donors (Lipinski definition) is 2. The van der Waals surface area contributed by atoms with Crippen molar-refractivity contribution < 1.29 is 41.0 Å². The second kappa shape index (κ2) is 12.1. The molecule has 0 radical (unpaired) electrons. The molecule has 4 rings (SSSR count). The van der Waals surface area contributed by atoms with Crippen LogP contribution in [0.3, 0.4) is 0 Å². The van der Waals surface area contributed by atoms with Crippen LogP contribution in [0.25, 0.3) is 11.1 Å². The number of sulfonamides is 1. The van der Waals surface area contributed by atoms with Crippen molar-refractivity contribution in [1.29, 1.82) is 0 Å². The molecule has 3 aromatic carbocycles. The van der Waals surface area contributed by atoms with E-state index in [1.54, 1.807) is 6.07 Å². The van der Waals surface area contributed by atoms with Crippen LogP contribution in [0.15, 0.2) is 71.6 Å². The highest BCUT2D eigenvalue weighted by Gasteiger charge is 2.50. The number of carboxylic acids is 1. The number of para-hydroxylation sites is 1. The monoisotopic (exact) mass is 644 g/mol. The number of rotatable bonds is 9. The standard InChI is InChI=1S/C28H25Cl2F3N2O6S/c1-27(11-4-12-35(27)42(39,40)21-15-19(29)14-20(30)16-21)26(38)34-23(25(36)37)13-17-7-9-18(10-8-17)22-5-2-3-6-24(22)41-28(31,32)33/h2-3,5-10,14-16,23H,4,11-13H2,1H3,(H,34,38)(H,36,37)/t23?,27-/m0/s1.